The smallest absolute Gasteiger partial charge is 0.545 e. The molecule has 6 rings (SSSR count). The molecule has 0 aliphatic rings. The summed E-state index contributed by atoms with van der Waals surface area (Å²) in [6.07, 6.45) is 0. The number of aliphatic hydroxyl groups excluding tert-OH is 2. The van der Waals surface area contributed by atoms with Gasteiger partial charge in [-0.1, -0.05) is 182 Å². The Hall–Kier alpha value is -6.98. The molecule has 2 radical (unpaired) electrons. The molecule has 0 fully saturated rings. The van der Waals surface area contributed by atoms with Gasteiger partial charge in [-0.2, -0.15) is 0 Å². The van der Waals surface area contributed by atoms with Gasteiger partial charge in [0, 0.05) is 0 Å². The summed E-state index contributed by atoms with van der Waals surface area (Å²) in [5.74, 6) is -6.77. The third-order valence-corrected chi connectivity index (χ3v) is 7.28. The maximum absolute atomic E-state index is 10.1. The van der Waals surface area contributed by atoms with Gasteiger partial charge in [0.15, 0.2) is 0 Å². The van der Waals surface area contributed by atoms with E-state index in [2.05, 4.69) is 0 Å². The first-order valence-electron chi connectivity index (χ1n) is 19.8. The van der Waals surface area contributed by atoms with Crippen molar-refractivity contribution in [1.82, 2.24) is 0 Å². The second-order valence-electron chi connectivity index (χ2n) is 13.3. The monoisotopic (exact) mass is 1030 g/mol. The molecule has 0 aliphatic heterocycles. The Balaban J connectivity index is -0.000000344. The van der Waals surface area contributed by atoms with Crippen molar-refractivity contribution in [2.45, 2.75) is 0 Å². The number of carbonyl (C=O) groups excluding carboxylic acids is 6. The van der Waals surface area contributed by atoms with Crippen LogP contribution < -0.4 is 40.4 Å². The van der Waals surface area contributed by atoms with Crippen LogP contribution in [0.25, 0.3) is 0 Å². The average molecular weight is 1030 g/mol. The Kier molecular flexibility index (Phi) is 43.6. The van der Waals surface area contributed by atoms with Crippen LogP contribution in [0.5, 0.6) is 0 Å². The van der Waals surface area contributed by atoms with Crippen LogP contribution >= 0.6 is 0 Å². The Morgan fingerprint density at radius 3 is 0.471 bits per heavy atom. The van der Waals surface area contributed by atoms with Crippen LogP contribution in [-0.4, -0.2) is 101 Å². The molecule has 0 saturated carbocycles. The van der Waals surface area contributed by atoms with Crippen molar-refractivity contribution < 1.29 is 114 Å². The zero-order valence-corrected chi connectivity index (χ0v) is 39.4. The van der Waals surface area contributed by atoms with Gasteiger partial charge in [-0.3, -0.25) is 0 Å². The number of likely N-dealkylation sites (N-methyl/N-ethyl adjacent to an activating group) is 2. The summed E-state index contributed by atoms with van der Waals surface area (Å²) in [4.78, 5) is 63.1. The van der Waals surface area contributed by atoms with Crippen LogP contribution in [0.15, 0.2) is 182 Å². The van der Waals surface area contributed by atoms with E-state index in [0.717, 1.165) is 13.1 Å². The average Bonchev–Trinajstić information content (AvgIpc) is 3.32. The molecule has 0 heterocycles. The molecule has 0 aromatic heterocycles. The first kappa shape index (κ1) is 67.6. The second kappa shape index (κ2) is 43.9. The van der Waals surface area contributed by atoms with Gasteiger partial charge >= 0.3 is 34.1 Å². The first-order chi connectivity index (χ1) is 31.4. The van der Waals surface area contributed by atoms with Crippen LogP contribution in [0.4, 0.5) is 0 Å². The van der Waals surface area contributed by atoms with Gasteiger partial charge in [-0.05, 0) is 33.4 Å². The fourth-order valence-corrected chi connectivity index (χ4v) is 3.89. The van der Waals surface area contributed by atoms with E-state index in [1.165, 1.54) is 82.6 Å². The minimum absolute atomic E-state index is 0. The van der Waals surface area contributed by atoms with Crippen LogP contribution in [-0.2, 0) is 34.1 Å². The SMILES string of the molecule is C[NH+](C)CCO.C[NH+](C)CCO.O=C([O-])c1ccccc1.O=C([O-])c1ccccc1.O=C([O-])c1ccccc1.O=C([O-])c1ccccc1.O=C([O-])c1ccccc1.O=C([O-])c1ccccc1.[Cu+2].[Cu+2]. The van der Waals surface area contributed by atoms with Crippen molar-refractivity contribution in [3.8, 4) is 0 Å². The summed E-state index contributed by atoms with van der Waals surface area (Å²) in [6.45, 7) is 2.28. The molecule has 0 bridgehead atoms. The summed E-state index contributed by atoms with van der Waals surface area (Å²) in [6, 6.07) is 48.4. The van der Waals surface area contributed by atoms with Gasteiger partial charge in [-0.25, -0.2) is 0 Å². The van der Waals surface area contributed by atoms with Crippen LogP contribution in [0.1, 0.15) is 62.1 Å². The second-order valence-corrected chi connectivity index (χ2v) is 13.3. The number of hydrogen-bond acceptors (Lipinski definition) is 14. The van der Waals surface area contributed by atoms with Crippen LogP contribution in [0, 0.1) is 0 Å². The van der Waals surface area contributed by atoms with E-state index in [-0.39, 0.29) is 67.5 Å². The number of rotatable bonds is 10. The minimum atomic E-state index is -1.13. The van der Waals surface area contributed by atoms with Crippen molar-refractivity contribution in [1.29, 1.82) is 0 Å². The van der Waals surface area contributed by atoms with Crippen LogP contribution in [0.3, 0.4) is 0 Å². The molecule has 0 unspecified atom stereocenters. The number of hydrogen-bond donors (Lipinski definition) is 4. The van der Waals surface area contributed by atoms with E-state index in [4.69, 9.17) is 10.2 Å². The van der Waals surface area contributed by atoms with Gasteiger partial charge in [0.25, 0.3) is 0 Å². The van der Waals surface area contributed by atoms with Gasteiger partial charge < -0.3 is 79.4 Å². The summed E-state index contributed by atoms with van der Waals surface area (Å²) in [5.41, 5.74) is 1.32. The molecule has 4 N–H and O–H groups in total. The predicted octanol–water partition coefficient (Wildman–Crippen LogP) is -3.46. The number of carbonyl (C=O) groups is 6. The van der Waals surface area contributed by atoms with E-state index in [9.17, 15) is 59.4 Å². The standard InChI is InChI=1S/6C7H6O2.2C4H11NO.2Cu/c6*8-7(9)6-4-2-1-3-5-6;2*1-5(2)3-4-6;;/h6*1-5H,(H,8,9);2*6H,3-4H2,1-2H3;;/q;;;;;;;;2*+2/p-4. The number of aromatic carboxylic acids is 6. The fraction of sp³-hybridized carbons (Fsp3) is 0.160. The number of benzene rings is 6. The molecule has 370 valence electrons. The van der Waals surface area contributed by atoms with Gasteiger partial charge in [0.05, 0.1) is 77.2 Å². The van der Waals surface area contributed by atoms with Crippen molar-refractivity contribution in [2.75, 3.05) is 54.5 Å². The largest absolute Gasteiger partial charge is 2.00 e. The molecular weight excluding hydrogens is 980 g/mol. The molecule has 16 nitrogen and oxygen atoms in total. The molecule has 0 amide bonds. The van der Waals surface area contributed by atoms with E-state index < -0.39 is 35.8 Å². The quantitative estimate of drug-likeness (QED) is 0.0972. The molecular formula is C50H54Cu2N2O14. The number of aliphatic hydroxyl groups is 2. The van der Waals surface area contributed by atoms with Gasteiger partial charge in [-0.15, -0.1) is 0 Å². The Morgan fingerprint density at radius 1 is 0.309 bits per heavy atom. The summed E-state index contributed by atoms with van der Waals surface area (Å²) >= 11 is 0. The Bertz CT molecular complexity index is 1800. The molecule has 68 heavy (non-hydrogen) atoms. The van der Waals surface area contributed by atoms with Gasteiger partial charge in [0.2, 0.25) is 0 Å². The van der Waals surface area contributed by atoms with E-state index >= 15 is 0 Å². The van der Waals surface area contributed by atoms with E-state index in [1.54, 1.807) is 109 Å². The van der Waals surface area contributed by atoms with Crippen molar-refractivity contribution in [2.24, 2.45) is 0 Å². The fourth-order valence-electron chi connectivity index (χ4n) is 3.89. The Morgan fingerprint density at radius 2 is 0.426 bits per heavy atom. The third-order valence-electron chi connectivity index (χ3n) is 7.28. The summed E-state index contributed by atoms with van der Waals surface area (Å²) < 4.78 is 0. The van der Waals surface area contributed by atoms with Crippen LogP contribution in [0.2, 0.25) is 0 Å². The molecule has 0 spiro atoms. The third kappa shape index (κ3) is 39.4. The Labute approximate surface area is 417 Å². The molecule has 18 heteroatoms. The molecule has 0 aliphatic carbocycles. The molecule has 6 aromatic carbocycles. The topological polar surface area (TPSA) is 290 Å². The normalized spacial score (nSPS) is 8.82. The first-order valence-corrected chi connectivity index (χ1v) is 19.8. The maximum atomic E-state index is 10.1. The molecule has 0 saturated heterocycles. The molecule has 6 aromatic rings. The van der Waals surface area contributed by atoms with E-state index in [0.29, 0.717) is 13.2 Å². The number of nitrogens with one attached hydrogen (secondary N) is 2. The van der Waals surface area contributed by atoms with Crippen molar-refractivity contribution in [3.63, 3.8) is 0 Å². The number of quaternary nitrogens is 2. The minimum Gasteiger partial charge on any atom is -0.545 e. The molecule has 0 atom stereocenters. The van der Waals surface area contributed by atoms with Gasteiger partial charge in [0.1, 0.15) is 13.1 Å². The number of carboxylic acids is 6. The number of carboxylic acid groups (broad SMARTS) is 6. The summed E-state index contributed by atoms with van der Waals surface area (Å²) in [7, 11) is 8.04. The zero-order valence-electron chi connectivity index (χ0n) is 37.5. The van der Waals surface area contributed by atoms with Crippen molar-refractivity contribution in [3.05, 3.63) is 215 Å². The zero-order chi connectivity index (χ0) is 50.1. The van der Waals surface area contributed by atoms with Crippen molar-refractivity contribution >= 4 is 35.8 Å². The predicted molar refractivity (Wildman–Crippen MR) is 234 cm³/mol. The summed E-state index contributed by atoms with van der Waals surface area (Å²) in [5, 5.41) is 77.0. The maximum Gasteiger partial charge on any atom is 2.00 e. The van der Waals surface area contributed by atoms with E-state index in [1.807, 2.05) is 28.2 Å².